The molecule has 0 unspecified atom stereocenters. The second-order valence-electron chi connectivity index (χ2n) is 4.77. The topological polar surface area (TPSA) is 6.48 Å². The van der Waals surface area contributed by atoms with Crippen molar-refractivity contribution < 1.29 is 0 Å². The Hall–Kier alpha value is -0.0800. The van der Waals surface area contributed by atoms with Crippen LogP contribution in [0.15, 0.2) is 0 Å². The van der Waals surface area contributed by atoms with Gasteiger partial charge in [0.15, 0.2) is 0 Å². The van der Waals surface area contributed by atoms with Gasteiger partial charge >= 0.3 is 0 Å². The fourth-order valence-electron chi connectivity index (χ4n) is 2.01. The zero-order valence-electron chi connectivity index (χ0n) is 10.1. The summed E-state index contributed by atoms with van der Waals surface area (Å²) in [6.07, 6.45) is 4.14. The average molecular weight is 198 g/mol. The Balaban J connectivity index is 2.02. The summed E-state index contributed by atoms with van der Waals surface area (Å²) < 4.78 is 0. The molecule has 0 N–H and O–H groups in total. The van der Waals surface area contributed by atoms with Crippen LogP contribution in [0, 0.1) is 5.92 Å². The normalized spacial score (nSPS) is 20.6. The summed E-state index contributed by atoms with van der Waals surface area (Å²) in [4.78, 5) is 5.02. The van der Waals surface area contributed by atoms with Crippen molar-refractivity contribution in [3.05, 3.63) is 0 Å². The number of likely N-dealkylation sites (tertiary alicyclic amines) is 1. The molecule has 0 aromatic carbocycles. The predicted octanol–water partition coefficient (Wildman–Crippen LogP) is 2.06. The van der Waals surface area contributed by atoms with Crippen molar-refractivity contribution >= 4 is 0 Å². The lowest BCUT2D eigenvalue weighted by Gasteiger charge is -2.30. The zero-order chi connectivity index (χ0) is 10.4. The minimum atomic E-state index is 0.963. The average Bonchev–Trinajstić information content (AvgIpc) is 2.21. The Morgan fingerprint density at radius 3 is 2.50 bits per heavy atom. The number of nitrogens with zero attached hydrogens (tertiary/aromatic N) is 2. The van der Waals surface area contributed by atoms with Crippen LogP contribution in [0.25, 0.3) is 0 Å². The van der Waals surface area contributed by atoms with Crippen molar-refractivity contribution in [3.63, 3.8) is 0 Å². The van der Waals surface area contributed by atoms with Gasteiger partial charge in [0.2, 0.25) is 0 Å². The van der Waals surface area contributed by atoms with Gasteiger partial charge in [-0.05, 0) is 65.0 Å². The standard InChI is InChI=1S/C12H26N2/c1-4-13(3)8-5-9-14-10-6-12(2)7-11-14/h12H,4-11H2,1-3H3. The maximum atomic E-state index is 2.63. The van der Waals surface area contributed by atoms with Gasteiger partial charge in [-0.15, -0.1) is 0 Å². The Kier molecular flexibility index (Phi) is 5.49. The summed E-state index contributed by atoms with van der Waals surface area (Å²) >= 11 is 0. The van der Waals surface area contributed by atoms with Gasteiger partial charge in [-0.2, -0.15) is 0 Å². The molecular weight excluding hydrogens is 172 g/mol. The van der Waals surface area contributed by atoms with Crippen LogP contribution in [0.2, 0.25) is 0 Å². The lowest BCUT2D eigenvalue weighted by molar-refractivity contribution is 0.183. The first-order valence-corrected chi connectivity index (χ1v) is 6.13. The van der Waals surface area contributed by atoms with E-state index in [1.54, 1.807) is 0 Å². The first-order chi connectivity index (χ1) is 6.72. The monoisotopic (exact) mass is 198 g/mol. The molecule has 0 saturated carbocycles. The number of hydrogen-bond acceptors (Lipinski definition) is 2. The summed E-state index contributed by atoms with van der Waals surface area (Å²) in [6, 6.07) is 0. The van der Waals surface area contributed by atoms with Gasteiger partial charge in [-0.25, -0.2) is 0 Å². The second-order valence-corrected chi connectivity index (χ2v) is 4.77. The summed E-state index contributed by atoms with van der Waals surface area (Å²) in [6.45, 7) is 11.0. The fraction of sp³-hybridized carbons (Fsp3) is 1.00. The van der Waals surface area contributed by atoms with Gasteiger partial charge in [-0.3, -0.25) is 0 Å². The lowest BCUT2D eigenvalue weighted by Crippen LogP contribution is -2.35. The Morgan fingerprint density at radius 2 is 1.93 bits per heavy atom. The van der Waals surface area contributed by atoms with Crippen LogP contribution < -0.4 is 0 Å². The van der Waals surface area contributed by atoms with Crippen molar-refractivity contribution in [2.75, 3.05) is 39.8 Å². The molecule has 0 atom stereocenters. The molecule has 1 saturated heterocycles. The van der Waals surface area contributed by atoms with Gasteiger partial charge in [-0.1, -0.05) is 13.8 Å². The van der Waals surface area contributed by atoms with E-state index in [0.717, 1.165) is 5.92 Å². The molecule has 1 rings (SSSR count). The molecule has 0 radical (unpaired) electrons. The molecule has 1 fully saturated rings. The van der Waals surface area contributed by atoms with E-state index in [-0.39, 0.29) is 0 Å². The van der Waals surface area contributed by atoms with Crippen LogP contribution in [0.3, 0.4) is 0 Å². The summed E-state index contributed by atoms with van der Waals surface area (Å²) in [7, 11) is 2.21. The van der Waals surface area contributed by atoms with E-state index in [9.17, 15) is 0 Å². The minimum absolute atomic E-state index is 0.963. The highest BCUT2D eigenvalue weighted by atomic mass is 15.1. The molecule has 0 amide bonds. The third-order valence-corrected chi connectivity index (χ3v) is 3.43. The zero-order valence-corrected chi connectivity index (χ0v) is 10.1. The Labute approximate surface area is 89.3 Å². The van der Waals surface area contributed by atoms with Gasteiger partial charge < -0.3 is 9.80 Å². The lowest BCUT2D eigenvalue weighted by atomic mass is 9.99. The third-order valence-electron chi connectivity index (χ3n) is 3.43. The van der Waals surface area contributed by atoms with Crippen LogP contribution >= 0.6 is 0 Å². The molecule has 1 aliphatic rings. The van der Waals surface area contributed by atoms with Crippen LogP contribution in [-0.2, 0) is 0 Å². The molecule has 2 nitrogen and oxygen atoms in total. The predicted molar refractivity (Wildman–Crippen MR) is 62.6 cm³/mol. The van der Waals surface area contributed by atoms with E-state index in [0.29, 0.717) is 0 Å². The third kappa shape index (κ3) is 4.43. The smallest absolute Gasteiger partial charge is 0.000655 e. The van der Waals surface area contributed by atoms with Gasteiger partial charge in [0.05, 0.1) is 0 Å². The van der Waals surface area contributed by atoms with Crippen LogP contribution in [0.5, 0.6) is 0 Å². The van der Waals surface area contributed by atoms with Gasteiger partial charge in [0.1, 0.15) is 0 Å². The molecule has 14 heavy (non-hydrogen) atoms. The van der Waals surface area contributed by atoms with Gasteiger partial charge in [0, 0.05) is 0 Å². The van der Waals surface area contributed by atoms with Crippen molar-refractivity contribution in [2.24, 2.45) is 5.92 Å². The molecule has 84 valence electrons. The molecule has 0 bridgehead atoms. The number of hydrogen-bond donors (Lipinski definition) is 0. The Bertz CT molecular complexity index is 139. The van der Waals surface area contributed by atoms with E-state index in [2.05, 4.69) is 30.7 Å². The van der Waals surface area contributed by atoms with E-state index < -0.39 is 0 Å². The molecule has 0 aromatic rings. The minimum Gasteiger partial charge on any atom is -0.307 e. The van der Waals surface area contributed by atoms with E-state index in [4.69, 9.17) is 0 Å². The largest absolute Gasteiger partial charge is 0.307 e. The molecule has 0 aromatic heterocycles. The second kappa shape index (κ2) is 6.41. The number of piperidine rings is 1. The first-order valence-electron chi connectivity index (χ1n) is 6.13. The highest BCUT2D eigenvalue weighted by Crippen LogP contribution is 2.15. The summed E-state index contributed by atoms with van der Waals surface area (Å²) in [5, 5.41) is 0. The highest BCUT2D eigenvalue weighted by Gasteiger charge is 2.14. The highest BCUT2D eigenvalue weighted by molar-refractivity contribution is 4.69. The van der Waals surface area contributed by atoms with Crippen LogP contribution in [0.4, 0.5) is 0 Å². The summed E-state index contributed by atoms with van der Waals surface area (Å²) in [5.74, 6) is 0.963. The fourth-order valence-corrected chi connectivity index (χ4v) is 2.01. The molecule has 1 aliphatic heterocycles. The van der Waals surface area contributed by atoms with Gasteiger partial charge in [0.25, 0.3) is 0 Å². The van der Waals surface area contributed by atoms with E-state index in [1.807, 2.05) is 0 Å². The molecular formula is C12H26N2. The quantitative estimate of drug-likeness (QED) is 0.667. The van der Waals surface area contributed by atoms with E-state index >= 15 is 0 Å². The molecule has 0 aliphatic carbocycles. The molecule has 1 heterocycles. The SMILES string of the molecule is CCN(C)CCCN1CCC(C)CC1. The van der Waals surface area contributed by atoms with Crippen LogP contribution in [0.1, 0.15) is 33.1 Å². The summed E-state index contributed by atoms with van der Waals surface area (Å²) in [5.41, 5.74) is 0. The van der Waals surface area contributed by atoms with Crippen molar-refractivity contribution in [2.45, 2.75) is 33.1 Å². The maximum Gasteiger partial charge on any atom is -0.000655 e. The van der Waals surface area contributed by atoms with E-state index in [1.165, 1.54) is 52.0 Å². The number of rotatable bonds is 5. The Morgan fingerprint density at radius 1 is 1.29 bits per heavy atom. The first kappa shape index (κ1) is 12.0. The maximum absolute atomic E-state index is 2.63. The van der Waals surface area contributed by atoms with Crippen molar-refractivity contribution in [1.29, 1.82) is 0 Å². The van der Waals surface area contributed by atoms with Crippen molar-refractivity contribution in [3.8, 4) is 0 Å². The van der Waals surface area contributed by atoms with Crippen LogP contribution in [-0.4, -0.2) is 49.6 Å². The van der Waals surface area contributed by atoms with Crippen molar-refractivity contribution in [1.82, 2.24) is 9.80 Å². The molecule has 2 heteroatoms. The molecule has 0 spiro atoms.